The van der Waals surface area contributed by atoms with Crippen LogP contribution in [0.2, 0.25) is 0 Å². The van der Waals surface area contributed by atoms with Gasteiger partial charge in [-0.3, -0.25) is 9.59 Å². The molecular formula is C19H24N4O4. The summed E-state index contributed by atoms with van der Waals surface area (Å²) in [5.41, 5.74) is 0.597. The zero-order valence-corrected chi connectivity index (χ0v) is 15.6. The van der Waals surface area contributed by atoms with Gasteiger partial charge >= 0.3 is 6.03 Å². The van der Waals surface area contributed by atoms with E-state index in [1.54, 1.807) is 36.4 Å². The molecule has 144 valence electrons. The van der Waals surface area contributed by atoms with E-state index in [1.807, 2.05) is 20.8 Å². The van der Waals surface area contributed by atoms with Gasteiger partial charge in [-0.1, -0.05) is 6.07 Å². The van der Waals surface area contributed by atoms with E-state index < -0.39 is 6.03 Å². The smallest absolute Gasteiger partial charge is 0.319 e. The molecule has 0 bridgehead atoms. The van der Waals surface area contributed by atoms with Crippen molar-refractivity contribution in [3.05, 3.63) is 54.0 Å². The Morgan fingerprint density at radius 3 is 2.37 bits per heavy atom. The van der Waals surface area contributed by atoms with Crippen LogP contribution < -0.4 is 21.3 Å². The molecule has 27 heavy (non-hydrogen) atoms. The lowest BCUT2D eigenvalue weighted by Gasteiger charge is -2.20. The molecule has 1 heterocycles. The first-order valence-corrected chi connectivity index (χ1v) is 8.54. The van der Waals surface area contributed by atoms with Crippen molar-refractivity contribution in [3.63, 3.8) is 0 Å². The number of furan rings is 1. The fraction of sp³-hybridized carbons (Fsp3) is 0.316. The summed E-state index contributed by atoms with van der Waals surface area (Å²) in [6.07, 6.45) is 1.41. The summed E-state index contributed by atoms with van der Waals surface area (Å²) in [6, 6.07) is 9.39. The first kappa shape index (κ1) is 20.0. The predicted molar refractivity (Wildman–Crippen MR) is 102 cm³/mol. The van der Waals surface area contributed by atoms with Crippen molar-refractivity contribution in [2.24, 2.45) is 0 Å². The van der Waals surface area contributed by atoms with Gasteiger partial charge in [-0.2, -0.15) is 0 Å². The molecule has 8 nitrogen and oxygen atoms in total. The number of urea groups is 1. The Hall–Kier alpha value is -3.29. The van der Waals surface area contributed by atoms with Crippen LogP contribution in [0.5, 0.6) is 0 Å². The summed E-state index contributed by atoms with van der Waals surface area (Å²) in [6.45, 7) is 6.17. The van der Waals surface area contributed by atoms with Crippen LogP contribution in [0.15, 0.2) is 47.1 Å². The summed E-state index contributed by atoms with van der Waals surface area (Å²) in [7, 11) is 0. The monoisotopic (exact) mass is 372 g/mol. The third kappa shape index (κ3) is 6.85. The van der Waals surface area contributed by atoms with Gasteiger partial charge in [0.25, 0.3) is 11.8 Å². The van der Waals surface area contributed by atoms with E-state index >= 15 is 0 Å². The fourth-order valence-corrected chi connectivity index (χ4v) is 2.17. The Labute approximate surface area is 157 Å². The molecule has 8 heteroatoms. The van der Waals surface area contributed by atoms with Crippen LogP contribution in [0.1, 0.15) is 41.7 Å². The Balaban J connectivity index is 1.77. The maximum absolute atomic E-state index is 12.2. The number of rotatable bonds is 6. The van der Waals surface area contributed by atoms with Gasteiger partial charge in [-0.25, -0.2) is 4.79 Å². The maximum atomic E-state index is 12.2. The summed E-state index contributed by atoms with van der Waals surface area (Å²) in [5, 5.41) is 10.8. The fourth-order valence-electron chi connectivity index (χ4n) is 2.17. The molecule has 0 fully saturated rings. The van der Waals surface area contributed by atoms with Crippen molar-refractivity contribution in [3.8, 4) is 0 Å². The molecule has 0 atom stereocenters. The Bertz CT molecular complexity index is 794. The molecule has 0 saturated carbocycles. The second-order valence-corrected chi connectivity index (χ2v) is 6.90. The maximum Gasteiger partial charge on any atom is 0.319 e. The van der Waals surface area contributed by atoms with Crippen molar-refractivity contribution in [1.82, 2.24) is 16.0 Å². The molecule has 4 amide bonds. The number of hydrogen-bond donors (Lipinski definition) is 4. The van der Waals surface area contributed by atoms with Crippen LogP contribution >= 0.6 is 0 Å². The summed E-state index contributed by atoms with van der Waals surface area (Å²) < 4.78 is 4.97. The zero-order chi connectivity index (χ0) is 19.9. The summed E-state index contributed by atoms with van der Waals surface area (Å²) in [4.78, 5) is 35.8. The van der Waals surface area contributed by atoms with E-state index in [2.05, 4.69) is 21.3 Å². The molecular weight excluding hydrogens is 348 g/mol. The number of hydrogen-bond acceptors (Lipinski definition) is 4. The van der Waals surface area contributed by atoms with Gasteiger partial charge < -0.3 is 25.7 Å². The number of carbonyl (C=O) groups is 3. The average molecular weight is 372 g/mol. The molecule has 1 aromatic heterocycles. The molecule has 0 aliphatic heterocycles. The Kier molecular flexibility index (Phi) is 6.59. The van der Waals surface area contributed by atoms with E-state index in [1.165, 1.54) is 6.26 Å². The van der Waals surface area contributed by atoms with Crippen molar-refractivity contribution < 1.29 is 18.8 Å². The molecule has 0 saturated heterocycles. The first-order chi connectivity index (χ1) is 12.7. The minimum Gasteiger partial charge on any atom is -0.459 e. The van der Waals surface area contributed by atoms with Gasteiger partial charge in [0.05, 0.1) is 6.26 Å². The number of anilines is 1. The van der Waals surface area contributed by atoms with Gasteiger partial charge in [0.2, 0.25) is 0 Å². The third-order valence-corrected chi connectivity index (χ3v) is 3.31. The van der Waals surface area contributed by atoms with Crippen molar-refractivity contribution in [1.29, 1.82) is 0 Å². The summed E-state index contributed by atoms with van der Waals surface area (Å²) in [5.74, 6) is -0.350. The van der Waals surface area contributed by atoms with Crippen LogP contribution in [-0.2, 0) is 0 Å². The topological polar surface area (TPSA) is 112 Å². The predicted octanol–water partition coefficient (Wildman–Crippen LogP) is 2.36. The van der Waals surface area contributed by atoms with E-state index in [-0.39, 0.29) is 36.2 Å². The Morgan fingerprint density at radius 2 is 1.70 bits per heavy atom. The molecule has 0 unspecified atom stereocenters. The first-order valence-electron chi connectivity index (χ1n) is 8.54. The second kappa shape index (κ2) is 8.88. The number of amides is 4. The minimum absolute atomic E-state index is 0.213. The van der Waals surface area contributed by atoms with Gasteiger partial charge in [0, 0.05) is 29.9 Å². The van der Waals surface area contributed by atoms with Crippen molar-refractivity contribution >= 4 is 23.5 Å². The molecule has 2 aromatic rings. The highest BCUT2D eigenvalue weighted by Gasteiger charge is 2.15. The molecule has 0 spiro atoms. The van der Waals surface area contributed by atoms with Crippen LogP contribution in [0.25, 0.3) is 0 Å². The standard InChI is InChI=1S/C19H24N4O4/c1-19(2,3)23-16(24)13-6-4-7-14(12-13)22-18(26)21-10-9-20-17(25)15-8-5-11-27-15/h4-8,11-12H,9-10H2,1-3H3,(H,20,25)(H,23,24)(H2,21,22,26). The molecule has 0 radical (unpaired) electrons. The molecule has 1 aromatic carbocycles. The van der Waals surface area contributed by atoms with Gasteiger partial charge in [-0.15, -0.1) is 0 Å². The van der Waals surface area contributed by atoms with Crippen LogP contribution in [-0.4, -0.2) is 36.5 Å². The van der Waals surface area contributed by atoms with Crippen molar-refractivity contribution in [2.75, 3.05) is 18.4 Å². The van der Waals surface area contributed by atoms with Gasteiger partial charge in [-0.05, 0) is 51.1 Å². The largest absolute Gasteiger partial charge is 0.459 e. The van der Waals surface area contributed by atoms with Crippen molar-refractivity contribution in [2.45, 2.75) is 26.3 Å². The second-order valence-electron chi connectivity index (χ2n) is 6.90. The lowest BCUT2D eigenvalue weighted by molar-refractivity contribution is 0.0914. The third-order valence-electron chi connectivity index (χ3n) is 3.31. The highest BCUT2D eigenvalue weighted by Crippen LogP contribution is 2.12. The van der Waals surface area contributed by atoms with Crippen LogP contribution in [0.3, 0.4) is 0 Å². The van der Waals surface area contributed by atoms with Crippen LogP contribution in [0, 0.1) is 0 Å². The lowest BCUT2D eigenvalue weighted by Crippen LogP contribution is -2.40. The number of benzene rings is 1. The van der Waals surface area contributed by atoms with E-state index in [9.17, 15) is 14.4 Å². The highest BCUT2D eigenvalue weighted by molar-refractivity contribution is 5.97. The summed E-state index contributed by atoms with van der Waals surface area (Å²) >= 11 is 0. The Morgan fingerprint density at radius 1 is 0.963 bits per heavy atom. The van der Waals surface area contributed by atoms with E-state index in [0.29, 0.717) is 11.3 Å². The molecule has 0 aliphatic rings. The van der Waals surface area contributed by atoms with E-state index in [4.69, 9.17) is 4.42 Å². The number of nitrogens with one attached hydrogen (secondary N) is 4. The van der Waals surface area contributed by atoms with Crippen LogP contribution in [0.4, 0.5) is 10.5 Å². The zero-order valence-electron chi connectivity index (χ0n) is 15.6. The van der Waals surface area contributed by atoms with Gasteiger partial charge in [0.15, 0.2) is 5.76 Å². The van der Waals surface area contributed by atoms with E-state index in [0.717, 1.165) is 0 Å². The van der Waals surface area contributed by atoms with Gasteiger partial charge in [0.1, 0.15) is 0 Å². The highest BCUT2D eigenvalue weighted by atomic mass is 16.3. The molecule has 2 rings (SSSR count). The molecule has 0 aliphatic carbocycles. The minimum atomic E-state index is -0.435. The average Bonchev–Trinajstić information content (AvgIpc) is 3.12. The molecule has 4 N–H and O–H groups in total. The quantitative estimate of drug-likeness (QED) is 0.583. The SMILES string of the molecule is CC(C)(C)NC(=O)c1cccc(NC(=O)NCCNC(=O)c2ccco2)c1. The number of carbonyl (C=O) groups excluding carboxylic acids is 3. The normalized spacial score (nSPS) is 10.8. The lowest BCUT2D eigenvalue weighted by atomic mass is 10.1.